The van der Waals surface area contributed by atoms with Gasteiger partial charge in [-0.2, -0.15) is 0 Å². The smallest absolute Gasteiger partial charge is 0.137 e. The maximum atomic E-state index is 10.6. The van der Waals surface area contributed by atoms with E-state index >= 15 is 0 Å². The molecule has 71 valence electrons. The highest BCUT2D eigenvalue weighted by molar-refractivity contribution is 5.58. The van der Waals surface area contributed by atoms with Gasteiger partial charge in [0.2, 0.25) is 0 Å². The summed E-state index contributed by atoms with van der Waals surface area (Å²) in [6.07, 6.45) is 1.96. The van der Waals surface area contributed by atoms with Gasteiger partial charge in [0.05, 0.1) is 6.04 Å². The first-order valence-electron chi connectivity index (χ1n) is 4.48. The van der Waals surface area contributed by atoms with E-state index in [-0.39, 0.29) is 11.6 Å². The normalized spacial score (nSPS) is 14.8. The monoisotopic (exact) mass is 170 g/mol. The van der Waals surface area contributed by atoms with Crippen LogP contribution < -0.4 is 0 Å². The molecule has 0 aliphatic carbocycles. The van der Waals surface area contributed by atoms with Gasteiger partial charge in [0.25, 0.3) is 0 Å². The van der Waals surface area contributed by atoms with E-state index in [1.54, 1.807) is 0 Å². The van der Waals surface area contributed by atoms with Crippen LogP contribution in [0.25, 0.3) is 0 Å². The Labute approximate surface area is 75.9 Å². The van der Waals surface area contributed by atoms with Crippen molar-refractivity contribution in [3.05, 3.63) is 6.92 Å². The molecule has 0 spiro atoms. The highest BCUT2D eigenvalue weighted by Gasteiger charge is 2.24. The predicted molar refractivity (Wildman–Crippen MR) is 52.0 cm³/mol. The SMILES string of the molecule is [CH2]C(C=O)N(CCC)C(C)(C)C. The van der Waals surface area contributed by atoms with Crippen LogP contribution >= 0.6 is 0 Å². The van der Waals surface area contributed by atoms with Crippen LogP contribution in [0.3, 0.4) is 0 Å². The fourth-order valence-electron chi connectivity index (χ4n) is 1.31. The van der Waals surface area contributed by atoms with Crippen molar-refractivity contribution >= 4 is 6.29 Å². The van der Waals surface area contributed by atoms with Crippen molar-refractivity contribution in [2.75, 3.05) is 6.54 Å². The highest BCUT2D eigenvalue weighted by Crippen LogP contribution is 2.15. The van der Waals surface area contributed by atoms with Crippen molar-refractivity contribution < 1.29 is 4.79 Å². The number of aldehydes is 1. The lowest BCUT2D eigenvalue weighted by Gasteiger charge is -2.37. The zero-order valence-electron chi connectivity index (χ0n) is 8.63. The van der Waals surface area contributed by atoms with E-state index < -0.39 is 0 Å². The molecule has 0 N–H and O–H groups in total. The van der Waals surface area contributed by atoms with Gasteiger partial charge < -0.3 is 4.79 Å². The van der Waals surface area contributed by atoms with E-state index in [1.807, 2.05) is 0 Å². The Hall–Kier alpha value is -0.370. The van der Waals surface area contributed by atoms with Crippen LogP contribution in [0.15, 0.2) is 0 Å². The van der Waals surface area contributed by atoms with Crippen molar-refractivity contribution in [3.8, 4) is 0 Å². The first-order chi connectivity index (χ1) is 5.43. The Morgan fingerprint density at radius 3 is 2.25 bits per heavy atom. The molecule has 0 bridgehead atoms. The summed E-state index contributed by atoms with van der Waals surface area (Å²) >= 11 is 0. The summed E-state index contributed by atoms with van der Waals surface area (Å²) in [6.45, 7) is 13.1. The van der Waals surface area contributed by atoms with Crippen molar-refractivity contribution in [1.82, 2.24) is 4.90 Å². The molecule has 0 aliphatic rings. The summed E-state index contributed by atoms with van der Waals surface area (Å²) in [7, 11) is 0. The number of hydrogen-bond acceptors (Lipinski definition) is 2. The molecule has 0 amide bonds. The Morgan fingerprint density at radius 1 is 1.50 bits per heavy atom. The van der Waals surface area contributed by atoms with Crippen LogP contribution in [-0.4, -0.2) is 29.3 Å². The van der Waals surface area contributed by atoms with Crippen molar-refractivity contribution in [1.29, 1.82) is 0 Å². The van der Waals surface area contributed by atoms with Crippen LogP contribution in [0.2, 0.25) is 0 Å². The first kappa shape index (κ1) is 11.6. The van der Waals surface area contributed by atoms with Gasteiger partial charge in [0.1, 0.15) is 6.29 Å². The highest BCUT2D eigenvalue weighted by atomic mass is 16.1. The lowest BCUT2D eigenvalue weighted by molar-refractivity contribution is -0.112. The molecule has 0 saturated heterocycles. The minimum absolute atomic E-state index is 0.0311. The van der Waals surface area contributed by atoms with Gasteiger partial charge in [-0.05, 0) is 40.7 Å². The standard InChI is InChI=1S/C10H20NO/c1-6-7-11(9(2)8-12)10(3,4)5/h8-9H,2,6-7H2,1,3-5H3. The van der Waals surface area contributed by atoms with Crippen LogP contribution in [0.4, 0.5) is 0 Å². The van der Waals surface area contributed by atoms with Crippen molar-refractivity contribution in [2.45, 2.75) is 45.7 Å². The number of carbonyl (C=O) groups excluding carboxylic acids is 1. The largest absolute Gasteiger partial charge is 0.302 e. The van der Waals surface area contributed by atoms with Gasteiger partial charge in [-0.3, -0.25) is 4.90 Å². The van der Waals surface area contributed by atoms with Crippen LogP contribution in [0.5, 0.6) is 0 Å². The van der Waals surface area contributed by atoms with E-state index in [4.69, 9.17) is 0 Å². The molecule has 1 unspecified atom stereocenters. The quantitative estimate of drug-likeness (QED) is 0.601. The topological polar surface area (TPSA) is 20.3 Å². The molecule has 0 heterocycles. The summed E-state index contributed by atoms with van der Waals surface area (Å²) < 4.78 is 0. The summed E-state index contributed by atoms with van der Waals surface area (Å²) in [5, 5.41) is 0. The fraction of sp³-hybridized carbons (Fsp3) is 0.800. The molecular weight excluding hydrogens is 150 g/mol. The summed E-state index contributed by atoms with van der Waals surface area (Å²) in [4.78, 5) is 12.7. The zero-order valence-corrected chi connectivity index (χ0v) is 8.63. The first-order valence-corrected chi connectivity index (χ1v) is 4.48. The second-order valence-corrected chi connectivity index (χ2v) is 4.07. The Bertz CT molecular complexity index is 137. The fourth-order valence-corrected chi connectivity index (χ4v) is 1.31. The molecule has 0 aromatic carbocycles. The van der Waals surface area contributed by atoms with E-state index in [9.17, 15) is 4.79 Å². The summed E-state index contributed by atoms with van der Waals surface area (Å²) in [6, 6.07) is -0.218. The minimum Gasteiger partial charge on any atom is -0.302 e. The summed E-state index contributed by atoms with van der Waals surface area (Å²) in [5.74, 6) is 0. The molecule has 0 aliphatic heterocycles. The van der Waals surface area contributed by atoms with Gasteiger partial charge in [-0.15, -0.1) is 0 Å². The van der Waals surface area contributed by atoms with Crippen molar-refractivity contribution in [2.24, 2.45) is 0 Å². The molecule has 2 heteroatoms. The number of nitrogens with zero attached hydrogens (tertiary/aromatic N) is 1. The van der Waals surface area contributed by atoms with Gasteiger partial charge >= 0.3 is 0 Å². The van der Waals surface area contributed by atoms with Gasteiger partial charge in [-0.25, -0.2) is 0 Å². The lowest BCUT2D eigenvalue weighted by atomic mass is 10.0. The minimum atomic E-state index is -0.218. The van der Waals surface area contributed by atoms with Crippen LogP contribution in [-0.2, 0) is 4.79 Å². The number of rotatable bonds is 4. The van der Waals surface area contributed by atoms with Crippen LogP contribution in [0.1, 0.15) is 34.1 Å². The molecular formula is C10H20NO. The molecule has 1 radical (unpaired) electrons. The molecule has 0 saturated carbocycles. The molecule has 0 rings (SSSR count). The Balaban J connectivity index is 4.32. The molecule has 12 heavy (non-hydrogen) atoms. The Morgan fingerprint density at radius 2 is 2.00 bits per heavy atom. The van der Waals surface area contributed by atoms with E-state index in [2.05, 4.69) is 39.5 Å². The second kappa shape index (κ2) is 4.61. The van der Waals surface area contributed by atoms with Gasteiger partial charge in [-0.1, -0.05) is 6.92 Å². The van der Waals surface area contributed by atoms with E-state index in [1.165, 1.54) is 0 Å². The number of hydrogen-bond donors (Lipinski definition) is 0. The zero-order chi connectivity index (χ0) is 9.78. The predicted octanol–water partition coefficient (Wildman–Crippen LogP) is 1.90. The number of carbonyl (C=O) groups is 1. The second-order valence-electron chi connectivity index (χ2n) is 4.07. The average molecular weight is 170 g/mol. The summed E-state index contributed by atoms with van der Waals surface area (Å²) in [5.41, 5.74) is 0.0311. The van der Waals surface area contributed by atoms with Gasteiger partial charge in [0.15, 0.2) is 0 Å². The Kier molecular flexibility index (Phi) is 4.46. The van der Waals surface area contributed by atoms with E-state index in [0.29, 0.717) is 0 Å². The van der Waals surface area contributed by atoms with Gasteiger partial charge in [0, 0.05) is 5.54 Å². The maximum absolute atomic E-state index is 10.6. The molecule has 0 fully saturated rings. The van der Waals surface area contributed by atoms with Crippen molar-refractivity contribution in [3.63, 3.8) is 0 Å². The van der Waals surface area contributed by atoms with Crippen LogP contribution in [0, 0.1) is 6.92 Å². The lowest BCUT2D eigenvalue weighted by Crippen LogP contribution is -2.48. The molecule has 0 aromatic heterocycles. The van der Waals surface area contributed by atoms with E-state index in [0.717, 1.165) is 19.3 Å². The average Bonchev–Trinajstić information content (AvgIpc) is 1.96. The third kappa shape index (κ3) is 3.35. The molecule has 1 atom stereocenters. The maximum Gasteiger partial charge on any atom is 0.137 e. The molecule has 0 aromatic rings. The third-order valence-electron chi connectivity index (χ3n) is 1.88. The molecule has 2 nitrogen and oxygen atoms in total. The third-order valence-corrected chi connectivity index (χ3v) is 1.88.